The van der Waals surface area contributed by atoms with Crippen LogP contribution in [0.5, 0.6) is 0 Å². The van der Waals surface area contributed by atoms with Gasteiger partial charge in [0.05, 0.1) is 12.5 Å². The minimum Gasteiger partial charge on any atom is -0.472 e. The molecule has 5 unspecified atom stereocenters. The van der Waals surface area contributed by atoms with Gasteiger partial charge in [0.2, 0.25) is 0 Å². The highest BCUT2D eigenvalue weighted by Gasteiger charge is 2.63. The Morgan fingerprint density at radius 1 is 1.13 bits per heavy atom. The maximum absolute atomic E-state index is 12.6. The molecule has 1 N–H and O–H groups in total. The predicted molar refractivity (Wildman–Crippen MR) is 88.1 cm³/mol. The summed E-state index contributed by atoms with van der Waals surface area (Å²) in [5.74, 6) is 0.904. The minimum absolute atomic E-state index is 0.0127. The molecule has 3 heteroatoms. The van der Waals surface area contributed by atoms with Crippen molar-refractivity contribution in [3.8, 4) is 0 Å². The van der Waals surface area contributed by atoms with Gasteiger partial charge in [0.15, 0.2) is 5.78 Å². The summed E-state index contributed by atoms with van der Waals surface area (Å²) in [6, 6.07) is 0. The summed E-state index contributed by atoms with van der Waals surface area (Å²) in [6.07, 6.45) is 8.02. The number of furan rings is 1. The van der Waals surface area contributed by atoms with E-state index >= 15 is 0 Å². The van der Waals surface area contributed by atoms with Gasteiger partial charge in [-0.15, -0.1) is 0 Å². The van der Waals surface area contributed by atoms with Crippen LogP contribution in [0.4, 0.5) is 0 Å². The Morgan fingerprint density at radius 2 is 1.87 bits per heavy atom. The summed E-state index contributed by atoms with van der Waals surface area (Å²) < 4.78 is 5.53. The van der Waals surface area contributed by atoms with E-state index in [0.29, 0.717) is 18.3 Å². The first-order chi connectivity index (χ1) is 10.7. The van der Waals surface area contributed by atoms with Crippen LogP contribution < -0.4 is 0 Å². The second-order valence-electron chi connectivity index (χ2n) is 9.22. The maximum Gasteiger partial charge on any atom is 0.167 e. The molecular formula is C20H28O3. The molecule has 2 fully saturated rings. The number of aryl methyl sites for hydroxylation is 1. The number of aliphatic hydroxyl groups excluding tert-OH is 1. The van der Waals surface area contributed by atoms with Crippen molar-refractivity contribution in [2.75, 3.05) is 0 Å². The van der Waals surface area contributed by atoms with Crippen LogP contribution in [0.3, 0.4) is 0 Å². The van der Waals surface area contributed by atoms with E-state index in [1.165, 1.54) is 11.1 Å². The van der Waals surface area contributed by atoms with E-state index in [2.05, 4.69) is 27.7 Å². The summed E-state index contributed by atoms with van der Waals surface area (Å²) in [5.41, 5.74) is 2.43. The van der Waals surface area contributed by atoms with Crippen molar-refractivity contribution in [2.45, 2.75) is 71.3 Å². The number of fused-ring (bicyclic) bond motifs is 5. The molecule has 126 valence electrons. The largest absolute Gasteiger partial charge is 0.472 e. The zero-order valence-electron chi connectivity index (χ0n) is 14.7. The van der Waals surface area contributed by atoms with Crippen molar-refractivity contribution in [3.63, 3.8) is 0 Å². The number of hydrogen-bond acceptors (Lipinski definition) is 3. The fourth-order valence-electron chi connectivity index (χ4n) is 6.79. The van der Waals surface area contributed by atoms with Crippen LogP contribution in [0.15, 0.2) is 16.9 Å². The van der Waals surface area contributed by atoms with E-state index in [4.69, 9.17) is 4.42 Å². The Hall–Kier alpha value is -1.09. The molecule has 3 nitrogen and oxygen atoms in total. The molecule has 0 aromatic carbocycles. The monoisotopic (exact) mass is 316 g/mol. The Bertz CT molecular complexity index is 658. The van der Waals surface area contributed by atoms with E-state index in [1.54, 1.807) is 0 Å². The van der Waals surface area contributed by atoms with Gasteiger partial charge in [-0.3, -0.25) is 4.79 Å². The minimum atomic E-state index is -0.806. The highest BCUT2D eigenvalue weighted by Crippen LogP contribution is 2.66. The molecule has 0 amide bonds. The zero-order valence-corrected chi connectivity index (χ0v) is 14.7. The lowest BCUT2D eigenvalue weighted by molar-refractivity contribution is -0.171. The lowest BCUT2D eigenvalue weighted by atomic mass is 9.40. The molecule has 2 saturated carbocycles. The second-order valence-corrected chi connectivity index (χ2v) is 9.22. The average Bonchev–Trinajstić information content (AvgIpc) is 2.94. The summed E-state index contributed by atoms with van der Waals surface area (Å²) in [4.78, 5) is 12.6. The molecule has 0 saturated heterocycles. The number of Topliss-reactive ketones (excluding diaryl/α,β-unsaturated/α-hetero) is 1. The highest BCUT2D eigenvalue weighted by atomic mass is 16.3. The van der Waals surface area contributed by atoms with Crippen LogP contribution in [0, 0.1) is 22.7 Å². The smallest absolute Gasteiger partial charge is 0.167 e. The lowest BCUT2D eigenvalue weighted by Crippen LogP contribution is -2.62. The van der Waals surface area contributed by atoms with Gasteiger partial charge in [-0.25, -0.2) is 0 Å². The summed E-state index contributed by atoms with van der Waals surface area (Å²) >= 11 is 0. The maximum atomic E-state index is 12.6. The van der Waals surface area contributed by atoms with Crippen LogP contribution in [0.1, 0.15) is 64.5 Å². The third-order valence-corrected chi connectivity index (χ3v) is 7.82. The molecule has 0 radical (unpaired) electrons. The Morgan fingerprint density at radius 3 is 2.61 bits per heavy atom. The summed E-state index contributed by atoms with van der Waals surface area (Å²) in [6.45, 7) is 8.81. The van der Waals surface area contributed by atoms with Crippen LogP contribution >= 0.6 is 0 Å². The fraction of sp³-hybridized carbons (Fsp3) is 0.750. The molecular weight excluding hydrogens is 288 g/mol. The Kier molecular flexibility index (Phi) is 3.02. The number of hydrogen-bond donors (Lipinski definition) is 1. The van der Waals surface area contributed by atoms with Crippen LogP contribution in [-0.4, -0.2) is 17.0 Å². The van der Waals surface area contributed by atoms with E-state index in [1.807, 2.05) is 12.5 Å². The molecule has 1 heterocycles. The summed E-state index contributed by atoms with van der Waals surface area (Å²) in [5, 5.41) is 10.5. The lowest BCUT2D eigenvalue weighted by Gasteiger charge is -2.63. The molecule has 1 aromatic heterocycles. The topological polar surface area (TPSA) is 50.4 Å². The standard InChI is InChI=1S/C20H28O3/c1-18(2)15-7-8-19(3)13-11-23-10-12(13)5-6-16(19)20(15,4)9-14(21)17(18)22/h10-11,14-16,21H,5-9H2,1-4H3. The third-order valence-electron chi connectivity index (χ3n) is 7.82. The van der Waals surface area contributed by atoms with Gasteiger partial charge in [0.1, 0.15) is 6.10 Å². The van der Waals surface area contributed by atoms with E-state index < -0.39 is 11.5 Å². The van der Waals surface area contributed by atoms with Gasteiger partial charge in [0, 0.05) is 5.41 Å². The van der Waals surface area contributed by atoms with Gasteiger partial charge in [0.25, 0.3) is 0 Å². The molecule has 0 spiro atoms. The number of carbonyl (C=O) groups is 1. The van der Waals surface area contributed by atoms with Crippen molar-refractivity contribution >= 4 is 5.78 Å². The van der Waals surface area contributed by atoms with E-state index in [-0.39, 0.29) is 16.6 Å². The quantitative estimate of drug-likeness (QED) is 0.790. The number of rotatable bonds is 0. The van der Waals surface area contributed by atoms with Crippen molar-refractivity contribution in [1.82, 2.24) is 0 Å². The number of aliphatic hydroxyl groups is 1. The molecule has 0 aliphatic heterocycles. The van der Waals surface area contributed by atoms with Crippen molar-refractivity contribution in [2.24, 2.45) is 22.7 Å². The fourth-order valence-corrected chi connectivity index (χ4v) is 6.79. The molecule has 23 heavy (non-hydrogen) atoms. The molecule has 1 aromatic rings. The van der Waals surface area contributed by atoms with Crippen LogP contribution in [-0.2, 0) is 16.6 Å². The van der Waals surface area contributed by atoms with Gasteiger partial charge >= 0.3 is 0 Å². The van der Waals surface area contributed by atoms with Crippen molar-refractivity contribution in [1.29, 1.82) is 0 Å². The molecule has 0 bridgehead atoms. The SMILES string of the molecule is CC1(C)C(=O)C(O)CC2(C)C1CCC1(C)c3cocc3CCC12. The first-order valence-electron chi connectivity index (χ1n) is 8.99. The van der Waals surface area contributed by atoms with Gasteiger partial charge in [-0.2, -0.15) is 0 Å². The Balaban J connectivity index is 1.82. The van der Waals surface area contributed by atoms with E-state index in [0.717, 1.165) is 25.7 Å². The van der Waals surface area contributed by atoms with E-state index in [9.17, 15) is 9.90 Å². The zero-order chi connectivity index (χ0) is 16.6. The second kappa shape index (κ2) is 4.50. The molecule has 3 aliphatic rings. The molecule has 4 rings (SSSR count). The average molecular weight is 316 g/mol. The number of ketones is 1. The van der Waals surface area contributed by atoms with Crippen molar-refractivity contribution in [3.05, 3.63) is 23.7 Å². The molecule has 3 aliphatic carbocycles. The first kappa shape index (κ1) is 15.4. The van der Waals surface area contributed by atoms with Gasteiger partial charge in [-0.1, -0.05) is 27.7 Å². The first-order valence-corrected chi connectivity index (χ1v) is 8.99. The third kappa shape index (κ3) is 1.77. The van der Waals surface area contributed by atoms with Crippen LogP contribution in [0.25, 0.3) is 0 Å². The van der Waals surface area contributed by atoms with Gasteiger partial charge in [-0.05, 0) is 65.9 Å². The van der Waals surface area contributed by atoms with Crippen LogP contribution in [0.2, 0.25) is 0 Å². The molecule has 5 atom stereocenters. The van der Waals surface area contributed by atoms with Crippen molar-refractivity contribution < 1.29 is 14.3 Å². The summed E-state index contributed by atoms with van der Waals surface area (Å²) in [7, 11) is 0. The Labute approximate surface area is 138 Å². The number of carbonyl (C=O) groups excluding carboxylic acids is 1. The highest BCUT2D eigenvalue weighted by molar-refractivity contribution is 5.89. The van der Waals surface area contributed by atoms with Gasteiger partial charge < -0.3 is 9.52 Å². The predicted octanol–water partition coefficient (Wildman–Crippen LogP) is 3.88. The normalized spacial score (nSPS) is 45.1.